The molecule has 2 rings (SSSR count). The van der Waals surface area contributed by atoms with E-state index < -0.39 is 0 Å². The predicted molar refractivity (Wildman–Crippen MR) is 69.0 cm³/mol. The second-order valence-corrected chi connectivity index (χ2v) is 4.84. The highest BCUT2D eigenvalue weighted by Gasteiger charge is 2.19. The molecule has 1 aliphatic heterocycles. The fourth-order valence-electron chi connectivity index (χ4n) is 2.40. The van der Waals surface area contributed by atoms with Gasteiger partial charge in [0.05, 0.1) is 12.2 Å². The zero-order chi connectivity index (χ0) is 12.1. The van der Waals surface area contributed by atoms with Crippen LogP contribution in [0.1, 0.15) is 49.8 Å². The topological polar surface area (TPSA) is 29.5 Å². The van der Waals surface area contributed by atoms with E-state index in [4.69, 9.17) is 4.74 Å². The molecule has 0 aromatic heterocycles. The summed E-state index contributed by atoms with van der Waals surface area (Å²) in [5.41, 5.74) is 2.31. The van der Waals surface area contributed by atoms with Crippen molar-refractivity contribution in [1.82, 2.24) is 0 Å². The Morgan fingerprint density at radius 1 is 1.41 bits per heavy atom. The van der Waals surface area contributed by atoms with Gasteiger partial charge < -0.3 is 9.84 Å². The number of hydrogen-bond acceptors (Lipinski definition) is 2. The van der Waals surface area contributed by atoms with E-state index in [1.165, 1.54) is 12.0 Å². The number of benzene rings is 1. The van der Waals surface area contributed by atoms with E-state index in [1.807, 2.05) is 12.1 Å². The van der Waals surface area contributed by atoms with Gasteiger partial charge in [0.15, 0.2) is 0 Å². The first-order chi connectivity index (χ1) is 8.29. The summed E-state index contributed by atoms with van der Waals surface area (Å²) in [7, 11) is 0. The lowest BCUT2D eigenvalue weighted by molar-refractivity contribution is -0.0155. The van der Waals surface area contributed by atoms with E-state index in [1.54, 1.807) is 0 Å². The first-order valence-corrected chi connectivity index (χ1v) is 6.68. The van der Waals surface area contributed by atoms with Gasteiger partial charge in [0.25, 0.3) is 0 Å². The van der Waals surface area contributed by atoms with Crippen molar-refractivity contribution in [2.24, 2.45) is 0 Å². The second kappa shape index (κ2) is 6.18. The van der Waals surface area contributed by atoms with E-state index in [9.17, 15) is 5.11 Å². The zero-order valence-electron chi connectivity index (χ0n) is 10.6. The highest BCUT2D eigenvalue weighted by atomic mass is 16.5. The largest absolute Gasteiger partial charge is 0.388 e. The molecule has 1 saturated heterocycles. The van der Waals surface area contributed by atoms with E-state index in [0.29, 0.717) is 0 Å². The fraction of sp³-hybridized carbons (Fsp3) is 0.600. The van der Waals surface area contributed by atoms with Crippen molar-refractivity contribution in [2.45, 2.75) is 51.2 Å². The Labute approximate surface area is 104 Å². The average Bonchev–Trinajstić information content (AvgIpc) is 2.40. The molecule has 0 radical (unpaired) electrons. The Morgan fingerprint density at radius 3 is 3.00 bits per heavy atom. The van der Waals surface area contributed by atoms with Crippen LogP contribution in [-0.2, 0) is 11.2 Å². The van der Waals surface area contributed by atoms with Crippen LogP contribution in [0.15, 0.2) is 24.3 Å². The Balaban J connectivity index is 1.95. The second-order valence-electron chi connectivity index (χ2n) is 4.84. The minimum Gasteiger partial charge on any atom is -0.388 e. The summed E-state index contributed by atoms with van der Waals surface area (Å²) in [5.74, 6) is 0. The number of ether oxygens (including phenoxy) is 1. The molecular weight excluding hydrogens is 212 g/mol. The van der Waals surface area contributed by atoms with Gasteiger partial charge >= 0.3 is 0 Å². The van der Waals surface area contributed by atoms with Crippen LogP contribution in [0.25, 0.3) is 0 Å². The summed E-state index contributed by atoms with van der Waals surface area (Å²) in [6.07, 6.45) is 5.08. The summed E-state index contributed by atoms with van der Waals surface area (Å²) in [4.78, 5) is 0. The monoisotopic (exact) mass is 234 g/mol. The molecule has 1 aliphatic rings. The van der Waals surface area contributed by atoms with Crippen molar-refractivity contribution in [2.75, 3.05) is 6.61 Å². The Morgan fingerprint density at radius 2 is 2.29 bits per heavy atom. The number of aliphatic hydroxyl groups excluding tert-OH is 1. The summed E-state index contributed by atoms with van der Waals surface area (Å²) in [5, 5.41) is 10.2. The molecule has 0 spiro atoms. The molecule has 94 valence electrons. The van der Waals surface area contributed by atoms with Gasteiger partial charge in [0, 0.05) is 13.0 Å². The van der Waals surface area contributed by atoms with Gasteiger partial charge in [-0.05, 0) is 36.8 Å². The smallest absolute Gasteiger partial charge is 0.0814 e. The molecule has 2 atom stereocenters. The lowest BCUT2D eigenvalue weighted by atomic mass is 9.97. The summed E-state index contributed by atoms with van der Waals surface area (Å²) >= 11 is 0. The summed E-state index contributed by atoms with van der Waals surface area (Å²) in [6, 6.07) is 8.24. The molecule has 0 bridgehead atoms. The Hall–Kier alpha value is -0.860. The number of aryl methyl sites for hydroxylation is 1. The van der Waals surface area contributed by atoms with E-state index >= 15 is 0 Å². The summed E-state index contributed by atoms with van der Waals surface area (Å²) in [6.45, 7) is 2.99. The number of rotatable bonds is 4. The molecule has 17 heavy (non-hydrogen) atoms. The Bertz CT molecular complexity index is 343. The molecule has 1 aromatic rings. The lowest BCUT2D eigenvalue weighted by Crippen LogP contribution is -2.21. The van der Waals surface area contributed by atoms with Crippen LogP contribution in [0, 0.1) is 0 Å². The highest BCUT2D eigenvalue weighted by Crippen LogP contribution is 2.25. The fourth-order valence-corrected chi connectivity index (χ4v) is 2.40. The highest BCUT2D eigenvalue weighted by molar-refractivity contribution is 5.25. The van der Waals surface area contributed by atoms with Crippen molar-refractivity contribution in [3.05, 3.63) is 35.4 Å². The maximum absolute atomic E-state index is 10.2. The molecule has 1 fully saturated rings. The minimum absolute atomic E-state index is 0.240. The maximum Gasteiger partial charge on any atom is 0.0814 e. The lowest BCUT2D eigenvalue weighted by Gasteiger charge is -2.25. The van der Waals surface area contributed by atoms with Crippen molar-refractivity contribution in [3.63, 3.8) is 0 Å². The van der Waals surface area contributed by atoms with Gasteiger partial charge in [-0.15, -0.1) is 0 Å². The van der Waals surface area contributed by atoms with Crippen LogP contribution in [0.4, 0.5) is 0 Å². The molecular formula is C15H22O2. The van der Waals surface area contributed by atoms with Crippen LogP contribution < -0.4 is 0 Å². The van der Waals surface area contributed by atoms with Gasteiger partial charge in [-0.1, -0.05) is 31.2 Å². The van der Waals surface area contributed by atoms with E-state index in [0.717, 1.165) is 37.9 Å². The van der Waals surface area contributed by atoms with Crippen molar-refractivity contribution < 1.29 is 9.84 Å². The van der Waals surface area contributed by atoms with Crippen LogP contribution in [0.2, 0.25) is 0 Å². The Kier molecular flexibility index (Phi) is 4.57. The molecule has 0 amide bonds. The van der Waals surface area contributed by atoms with Crippen LogP contribution in [0.3, 0.4) is 0 Å². The third kappa shape index (κ3) is 3.55. The first kappa shape index (κ1) is 12.6. The third-order valence-electron chi connectivity index (χ3n) is 3.50. The van der Waals surface area contributed by atoms with E-state index in [2.05, 4.69) is 19.1 Å². The molecule has 0 saturated carbocycles. The molecule has 2 heteroatoms. The average molecular weight is 234 g/mol. The SMILES string of the molecule is CCc1cccc(C(O)CC2CCCCO2)c1. The van der Waals surface area contributed by atoms with E-state index in [-0.39, 0.29) is 12.2 Å². The first-order valence-electron chi connectivity index (χ1n) is 6.68. The normalized spacial score (nSPS) is 22.4. The van der Waals surface area contributed by atoms with Gasteiger partial charge in [-0.3, -0.25) is 0 Å². The van der Waals surface area contributed by atoms with Gasteiger partial charge in [0.1, 0.15) is 0 Å². The predicted octanol–water partition coefficient (Wildman–Crippen LogP) is 3.24. The molecule has 1 aromatic carbocycles. The zero-order valence-corrected chi connectivity index (χ0v) is 10.6. The van der Waals surface area contributed by atoms with Gasteiger partial charge in [-0.25, -0.2) is 0 Å². The van der Waals surface area contributed by atoms with Crippen LogP contribution in [0.5, 0.6) is 0 Å². The molecule has 2 nitrogen and oxygen atoms in total. The molecule has 2 unspecified atom stereocenters. The maximum atomic E-state index is 10.2. The third-order valence-corrected chi connectivity index (χ3v) is 3.50. The molecule has 0 aliphatic carbocycles. The number of aliphatic hydroxyl groups is 1. The minimum atomic E-state index is -0.385. The van der Waals surface area contributed by atoms with Gasteiger partial charge in [-0.2, -0.15) is 0 Å². The molecule has 1 N–H and O–H groups in total. The van der Waals surface area contributed by atoms with Gasteiger partial charge in [0.2, 0.25) is 0 Å². The van der Waals surface area contributed by atoms with Crippen LogP contribution >= 0.6 is 0 Å². The number of hydrogen-bond donors (Lipinski definition) is 1. The van der Waals surface area contributed by atoms with Crippen molar-refractivity contribution in [1.29, 1.82) is 0 Å². The quantitative estimate of drug-likeness (QED) is 0.866. The molecule has 1 heterocycles. The standard InChI is InChI=1S/C15H22O2/c1-2-12-6-5-7-13(10-12)15(16)11-14-8-3-4-9-17-14/h5-7,10,14-16H,2-4,8-9,11H2,1H3. The van der Waals surface area contributed by atoms with Crippen molar-refractivity contribution >= 4 is 0 Å². The summed E-state index contributed by atoms with van der Waals surface area (Å²) < 4.78 is 5.67. The van der Waals surface area contributed by atoms with Crippen molar-refractivity contribution in [3.8, 4) is 0 Å². The van der Waals surface area contributed by atoms with Crippen LogP contribution in [-0.4, -0.2) is 17.8 Å².